The average molecular weight is 155 g/mol. The summed E-state index contributed by atoms with van der Waals surface area (Å²) in [6, 6.07) is 0. The van der Waals surface area contributed by atoms with Gasteiger partial charge in [0.1, 0.15) is 0 Å². The van der Waals surface area contributed by atoms with Gasteiger partial charge in [-0.3, -0.25) is 0 Å². The zero-order chi connectivity index (χ0) is 7.90. The Balaban J connectivity index is 1.79. The summed E-state index contributed by atoms with van der Waals surface area (Å²) in [5.74, 6) is 0. The molecule has 0 radical (unpaired) electrons. The molecule has 0 unspecified atom stereocenters. The van der Waals surface area contributed by atoms with Gasteiger partial charge in [-0.15, -0.1) is 0 Å². The number of hydrogen-bond donors (Lipinski definition) is 1. The molecule has 2 rings (SSSR count). The zero-order valence-electron chi connectivity index (χ0n) is 7.21. The number of nitrogens with zero attached hydrogens (tertiary/aromatic N) is 1. The summed E-state index contributed by atoms with van der Waals surface area (Å²) < 4.78 is 0. The molecule has 1 N–H and O–H groups in total. The molecule has 2 nitrogen and oxygen atoms in total. The van der Waals surface area contributed by atoms with Gasteiger partial charge < -0.3 is 10.0 Å². The number of aliphatic hydroxyl groups excluding tert-OH is 1. The van der Waals surface area contributed by atoms with E-state index < -0.39 is 0 Å². The topological polar surface area (TPSA) is 23.5 Å². The maximum atomic E-state index is 9.28. The normalized spacial score (nSPS) is 36.0. The molecule has 0 aromatic carbocycles. The first kappa shape index (κ1) is 7.56. The molecule has 64 valence electrons. The van der Waals surface area contributed by atoms with E-state index in [-0.39, 0.29) is 6.10 Å². The van der Waals surface area contributed by atoms with Gasteiger partial charge in [0.25, 0.3) is 0 Å². The van der Waals surface area contributed by atoms with Crippen LogP contribution in [0.5, 0.6) is 0 Å². The number of likely N-dealkylation sites (tertiary alicyclic amines) is 1. The third-order valence-corrected chi connectivity index (χ3v) is 2.96. The molecule has 11 heavy (non-hydrogen) atoms. The molecule has 2 heteroatoms. The first-order valence-corrected chi connectivity index (χ1v) is 4.58. The van der Waals surface area contributed by atoms with Gasteiger partial charge in [-0.2, -0.15) is 0 Å². The lowest BCUT2D eigenvalue weighted by molar-refractivity contribution is 0.169. The molecule has 0 aromatic rings. The van der Waals surface area contributed by atoms with Crippen LogP contribution in [-0.4, -0.2) is 35.7 Å². The minimum absolute atomic E-state index is 0.0441. The van der Waals surface area contributed by atoms with Crippen molar-refractivity contribution in [3.63, 3.8) is 0 Å². The Labute approximate surface area is 68.2 Å². The molecule has 0 bridgehead atoms. The summed E-state index contributed by atoms with van der Waals surface area (Å²) in [7, 11) is 0. The molecule has 1 saturated heterocycles. The Bertz CT molecular complexity index is 154. The lowest BCUT2D eigenvalue weighted by atomic mass is 10.1. The lowest BCUT2D eigenvalue weighted by Crippen LogP contribution is -2.27. The molecule has 1 aliphatic heterocycles. The fourth-order valence-electron chi connectivity index (χ4n) is 1.87. The Hall–Kier alpha value is -0.0800. The van der Waals surface area contributed by atoms with Crippen LogP contribution in [0.25, 0.3) is 0 Å². The van der Waals surface area contributed by atoms with E-state index in [2.05, 4.69) is 11.8 Å². The van der Waals surface area contributed by atoms with Gasteiger partial charge in [-0.25, -0.2) is 0 Å². The van der Waals surface area contributed by atoms with Crippen molar-refractivity contribution < 1.29 is 5.11 Å². The van der Waals surface area contributed by atoms with Gasteiger partial charge in [0, 0.05) is 19.6 Å². The van der Waals surface area contributed by atoms with Crippen LogP contribution in [0.2, 0.25) is 0 Å². The van der Waals surface area contributed by atoms with E-state index in [9.17, 15) is 5.11 Å². The Morgan fingerprint density at radius 2 is 2.27 bits per heavy atom. The van der Waals surface area contributed by atoms with Crippen molar-refractivity contribution in [1.82, 2.24) is 4.90 Å². The molecule has 1 aliphatic carbocycles. The lowest BCUT2D eigenvalue weighted by Gasteiger charge is -2.19. The van der Waals surface area contributed by atoms with Crippen LogP contribution in [0.1, 0.15) is 26.2 Å². The number of hydrogen-bond acceptors (Lipinski definition) is 2. The smallest absolute Gasteiger partial charge is 0.0679 e. The minimum atomic E-state index is -0.0441. The Morgan fingerprint density at radius 1 is 1.55 bits per heavy atom. The van der Waals surface area contributed by atoms with Crippen molar-refractivity contribution in [2.24, 2.45) is 5.41 Å². The summed E-state index contributed by atoms with van der Waals surface area (Å²) in [4.78, 5) is 2.40. The van der Waals surface area contributed by atoms with Crippen LogP contribution in [0, 0.1) is 5.41 Å². The fourth-order valence-corrected chi connectivity index (χ4v) is 1.87. The van der Waals surface area contributed by atoms with Crippen LogP contribution in [0.15, 0.2) is 0 Å². The predicted octanol–water partition coefficient (Wildman–Crippen LogP) is 0.853. The molecule has 2 aliphatic rings. The highest BCUT2D eigenvalue weighted by atomic mass is 16.3. The molecule has 1 saturated carbocycles. The second kappa shape index (κ2) is 2.46. The minimum Gasteiger partial charge on any atom is -0.392 e. The summed E-state index contributed by atoms with van der Waals surface area (Å²) >= 11 is 0. The highest BCUT2D eigenvalue weighted by Gasteiger charge is 2.39. The van der Waals surface area contributed by atoms with Crippen molar-refractivity contribution >= 4 is 0 Å². The van der Waals surface area contributed by atoms with Crippen LogP contribution in [0.3, 0.4) is 0 Å². The van der Waals surface area contributed by atoms with Gasteiger partial charge in [0.05, 0.1) is 6.10 Å². The van der Waals surface area contributed by atoms with Gasteiger partial charge in [0.2, 0.25) is 0 Å². The van der Waals surface area contributed by atoms with E-state index in [4.69, 9.17) is 0 Å². The molecule has 2 fully saturated rings. The number of rotatable bonds is 2. The van der Waals surface area contributed by atoms with E-state index in [0.717, 1.165) is 19.5 Å². The number of β-amino-alcohol motifs (C(OH)–C–C–N with tert-alkyl or cyclic N) is 1. The van der Waals surface area contributed by atoms with E-state index in [1.807, 2.05) is 0 Å². The second-order valence-corrected chi connectivity index (χ2v) is 4.49. The molecule has 0 spiro atoms. The van der Waals surface area contributed by atoms with Crippen LogP contribution in [-0.2, 0) is 0 Å². The SMILES string of the molecule is CC1(CN2CC[C@H](O)C2)CC1. The molecular formula is C9H17NO. The molecule has 0 aromatic heterocycles. The molecule has 1 atom stereocenters. The van der Waals surface area contributed by atoms with E-state index in [1.54, 1.807) is 0 Å². The average Bonchev–Trinajstić information content (AvgIpc) is 2.49. The van der Waals surface area contributed by atoms with Crippen molar-refractivity contribution in [3.05, 3.63) is 0 Å². The first-order valence-electron chi connectivity index (χ1n) is 4.58. The maximum Gasteiger partial charge on any atom is 0.0679 e. The van der Waals surface area contributed by atoms with Crippen molar-refractivity contribution in [2.75, 3.05) is 19.6 Å². The third kappa shape index (κ3) is 1.74. The van der Waals surface area contributed by atoms with Gasteiger partial charge in [-0.05, 0) is 24.7 Å². The van der Waals surface area contributed by atoms with Crippen LogP contribution in [0.4, 0.5) is 0 Å². The van der Waals surface area contributed by atoms with E-state index in [0.29, 0.717) is 5.41 Å². The zero-order valence-corrected chi connectivity index (χ0v) is 7.21. The van der Waals surface area contributed by atoms with Crippen molar-refractivity contribution in [1.29, 1.82) is 0 Å². The first-order chi connectivity index (χ1) is 5.18. The molecule has 0 amide bonds. The van der Waals surface area contributed by atoms with Crippen molar-refractivity contribution in [2.45, 2.75) is 32.3 Å². The summed E-state index contributed by atoms with van der Waals surface area (Å²) in [6.45, 7) is 5.58. The fraction of sp³-hybridized carbons (Fsp3) is 1.00. The molecular weight excluding hydrogens is 138 g/mol. The van der Waals surface area contributed by atoms with Crippen molar-refractivity contribution in [3.8, 4) is 0 Å². The van der Waals surface area contributed by atoms with E-state index >= 15 is 0 Å². The highest BCUT2D eigenvalue weighted by molar-refractivity contribution is 4.92. The van der Waals surface area contributed by atoms with Gasteiger partial charge in [0.15, 0.2) is 0 Å². The van der Waals surface area contributed by atoms with Gasteiger partial charge >= 0.3 is 0 Å². The quantitative estimate of drug-likeness (QED) is 0.639. The summed E-state index contributed by atoms with van der Waals surface area (Å²) in [5, 5.41) is 9.28. The summed E-state index contributed by atoms with van der Waals surface area (Å²) in [5.41, 5.74) is 0.615. The maximum absolute atomic E-state index is 9.28. The largest absolute Gasteiger partial charge is 0.392 e. The highest BCUT2D eigenvalue weighted by Crippen LogP contribution is 2.45. The van der Waals surface area contributed by atoms with Gasteiger partial charge in [-0.1, -0.05) is 6.92 Å². The predicted molar refractivity (Wildman–Crippen MR) is 44.4 cm³/mol. The van der Waals surface area contributed by atoms with Crippen LogP contribution < -0.4 is 0 Å². The van der Waals surface area contributed by atoms with Crippen LogP contribution >= 0.6 is 0 Å². The second-order valence-electron chi connectivity index (χ2n) is 4.49. The Kier molecular flexibility index (Phi) is 1.69. The Morgan fingerprint density at radius 3 is 2.73 bits per heavy atom. The van der Waals surface area contributed by atoms with E-state index in [1.165, 1.54) is 19.4 Å². The standard InChI is InChI=1S/C9H17NO/c1-9(3-4-9)7-10-5-2-8(11)6-10/h8,11H,2-7H2,1H3/t8-/m0/s1. The molecule has 1 heterocycles. The third-order valence-electron chi connectivity index (χ3n) is 2.96. The number of aliphatic hydroxyl groups is 1. The summed E-state index contributed by atoms with van der Waals surface area (Å²) in [6.07, 6.45) is 3.72. The monoisotopic (exact) mass is 155 g/mol.